The van der Waals surface area contributed by atoms with Crippen molar-refractivity contribution >= 4 is 43.3 Å². The van der Waals surface area contributed by atoms with Crippen molar-refractivity contribution in [2.24, 2.45) is 0 Å². The Labute approximate surface area is 195 Å². The molecule has 5 rings (SSSR count). The summed E-state index contributed by atoms with van der Waals surface area (Å²) in [6, 6.07) is 13.7. The molecule has 1 saturated heterocycles. The number of hydrogen-bond donors (Lipinski definition) is 0. The molecule has 0 radical (unpaired) electrons. The van der Waals surface area contributed by atoms with Gasteiger partial charge >= 0.3 is 0 Å². The van der Waals surface area contributed by atoms with Crippen molar-refractivity contribution in [3.8, 4) is 10.4 Å². The van der Waals surface area contributed by atoms with E-state index >= 15 is 0 Å². The van der Waals surface area contributed by atoms with Crippen molar-refractivity contribution in [3.05, 3.63) is 60.6 Å². The number of hydrogen-bond acceptors (Lipinski definition) is 7. The zero-order valence-electron chi connectivity index (χ0n) is 17.6. The molecule has 0 aliphatic carbocycles. The highest BCUT2D eigenvalue weighted by Gasteiger charge is 2.26. The molecule has 0 amide bonds. The molecular weight excluding hydrogens is 460 g/mol. The van der Waals surface area contributed by atoms with Crippen molar-refractivity contribution in [3.63, 3.8) is 0 Å². The normalized spacial score (nSPS) is 15.3. The van der Waals surface area contributed by atoms with Crippen LogP contribution in [0.1, 0.15) is 24.8 Å². The first-order chi connectivity index (χ1) is 15.5. The van der Waals surface area contributed by atoms with Crippen LogP contribution in [0.25, 0.3) is 20.7 Å². The van der Waals surface area contributed by atoms with Gasteiger partial charge in [-0.15, -0.1) is 11.3 Å². The third kappa shape index (κ3) is 4.05. The SMILES string of the molecule is Cc1c(-c2ccccc2)sc2ncnc(Sc3ccc(S(=O)(=O)N4CCCCC4)cn3)c12. The van der Waals surface area contributed by atoms with Gasteiger partial charge in [-0.3, -0.25) is 0 Å². The minimum Gasteiger partial charge on any atom is -0.248 e. The number of thiophene rings is 1. The van der Waals surface area contributed by atoms with Crippen molar-refractivity contribution in [1.82, 2.24) is 19.3 Å². The molecule has 1 aliphatic heterocycles. The molecule has 0 spiro atoms. The lowest BCUT2D eigenvalue weighted by Crippen LogP contribution is -2.35. The molecule has 1 aromatic carbocycles. The summed E-state index contributed by atoms with van der Waals surface area (Å²) >= 11 is 3.08. The number of aryl methyl sites for hydroxylation is 1. The summed E-state index contributed by atoms with van der Waals surface area (Å²) in [6.07, 6.45) is 5.94. The van der Waals surface area contributed by atoms with Gasteiger partial charge in [0.2, 0.25) is 10.0 Å². The summed E-state index contributed by atoms with van der Waals surface area (Å²) in [5.74, 6) is 0. The molecule has 0 atom stereocenters. The highest BCUT2D eigenvalue weighted by molar-refractivity contribution is 7.99. The van der Waals surface area contributed by atoms with Crippen LogP contribution >= 0.6 is 23.1 Å². The van der Waals surface area contributed by atoms with Crippen LogP contribution in [0.5, 0.6) is 0 Å². The van der Waals surface area contributed by atoms with Gasteiger partial charge in [0.1, 0.15) is 26.1 Å². The molecule has 0 saturated carbocycles. The molecule has 4 aromatic rings. The molecule has 6 nitrogen and oxygen atoms in total. The monoisotopic (exact) mass is 482 g/mol. The second-order valence-electron chi connectivity index (χ2n) is 7.68. The number of pyridine rings is 1. The van der Waals surface area contributed by atoms with Crippen LogP contribution in [0.4, 0.5) is 0 Å². The number of aromatic nitrogens is 3. The van der Waals surface area contributed by atoms with Gasteiger partial charge in [0, 0.05) is 29.5 Å². The molecule has 1 fully saturated rings. The maximum atomic E-state index is 12.9. The molecule has 32 heavy (non-hydrogen) atoms. The lowest BCUT2D eigenvalue weighted by atomic mass is 10.1. The van der Waals surface area contributed by atoms with E-state index < -0.39 is 10.0 Å². The Morgan fingerprint density at radius 2 is 1.75 bits per heavy atom. The van der Waals surface area contributed by atoms with E-state index in [2.05, 4.69) is 34.0 Å². The fraction of sp³-hybridized carbons (Fsp3) is 0.261. The molecule has 0 N–H and O–H groups in total. The standard InChI is InChI=1S/C23H22N4O2S3/c1-16-20-22(25-15-26-23(20)31-21(16)17-8-4-2-5-9-17)30-19-11-10-18(14-24-19)32(28,29)27-12-6-3-7-13-27/h2,4-5,8-11,14-15H,3,6-7,12-13H2,1H3. The Morgan fingerprint density at radius 3 is 2.47 bits per heavy atom. The van der Waals surface area contributed by atoms with Gasteiger partial charge < -0.3 is 0 Å². The Hall–Kier alpha value is -2.33. The zero-order valence-corrected chi connectivity index (χ0v) is 20.0. The minimum atomic E-state index is -3.48. The Kier molecular flexibility index (Phi) is 5.98. The van der Waals surface area contributed by atoms with E-state index in [4.69, 9.17) is 0 Å². The molecule has 0 unspecified atom stereocenters. The predicted molar refractivity (Wildman–Crippen MR) is 129 cm³/mol. The van der Waals surface area contributed by atoms with E-state index in [-0.39, 0.29) is 4.90 Å². The lowest BCUT2D eigenvalue weighted by Gasteiger charge is -2.25. The average molecular weight is 483 g/mol. The van der Waals surface area contributed by atoms with Gasteiger partial charge in [0.15, 0.2) is 0 Å². The first-order valence-electron chi connectivity index (χ1n) is 10.5. The van der Waals surface area contributed by atoms with Crippen LogP contribution in [0.3, 0.4) is 0 Å². The summed E-state index contributed by atoms with van der Waals surface area (Å²) < 4.78 is 27.3. The zero-order chi connectivity index (χ0) is 22.1. The smallest absolute Gasteiger partial charge is 0.244 e. The van der Waals surface area contributed by atoms with Crippen LogP contribution in [0.15, 0.2) is 69.9 Å². The van der Waals surface area contributed by atoms with Gasteiger partial charge in [0.25, 0.3) is 0 Å². The van der Waals surface area contributed by atoms with E-state index in [1.165, 1.54) is 22.8 Å². The van der Waals surface area contributed by atoms with Gasteiger partial charge in [0.05, 0.1) is 0 Å². The van der Waals surface area contributed by atoms with Crippen molar-refractivity contribution in [2.75, 3.05) is 13.1 Å². The molecule has 164 valence electrons. The van der Waals surface area contributed by atoms with E-state index in [1.54, 1.807) is 34.1 Å². The Balaban J connectivity index is 1.44. The topological polar surface area (TPSA) is 76.1 Å². The van der Waals surface area contributed by atoms with E-state index in [0.29, 0.717) is 18.1 Å². The molecule has 9 heteroatoms. The summed E-state index contributed by atoms with van der Waals surface area (Å²) in [5.41, 5.74) is 2.30. The maximum absolute atomic E-state index is 12.9. The molecule has 1 aliphatic rings. The second kappa shape index (κ2) is 8.90. The molecular formula is C23H22N4O2S3. The van der Waals surface area contributed by atoms with Gasteiger partial charge in [-0.05, 0) is 54.8 Å². The van der Waals surface area contributed by atoms with Crippen LogP contribution < -0.4 is 0 Å². The third-order valence-corrected chi connectivity index (χ3v) is 9.68. The Bertz CT molecular complexity index is 1350. The highest BCUT2D eigenvalue weighted by atomic mass is 32.2. The predicted octanol–water partition coefficient (Wildman–Crippen LogP) is 5.39. The number of rotatable bonds is 5. The van der Waals surface area contributed by atoms with E-state index in [0.717, 1.165) is 45.6 Å². The molecule has 0 bridgehead atoms. The lowest BCUT2D eigenvalue weighted by molar-refractivity contribution is 0.346. The van der Waals surface area contributed by atoms with Crippen LogP contribution in [-0.4, -0.2) is 40.8 Å². The average Bonchev–Trinajstić information content (AvgIpc) is 3.18. The number of nitrogens with zero attached hydrogens (tertiary/aromatic N) is 4. The Morgan fingerprint density at radius 1 is 0.969 bits per heavy atom. The number of fused-ring (bicyclic) bond motifs is 1. The van der Waals surface area contributed by atoms with Gasteiger partial charge in [-0.25, -0.2) is 23.4 Å². The van der Waals surface area contributed by atoms with Crippen molar-refractivity contribution in [1.29, 1.82) is 0 Å². The largest absolute Gasteiger partial charge is 0.248 e. The van der Waals surface area contributed by atoms with E-state index in [1.807, 2.05) is 18.2 Å². The minimum absolute atomic E-state index is 0.245. The maximum Gasteiger partial charge on any atom is 0.244 e. The summed E-state index contributed by atoms with van der Waals surface area (Å²) in [6.45, 7) is 3.26. The number of benzene rings is 1. The second-order valence-corrected chi connectivity index (χ2v) is 11.6. The van der Waals surface area contributed by atoms with Gasteiger partial charge in [-0.2, -0.15) is 4.31 Å². The van der Waals surface area contributed by atoms with Crippen molar-refractivity contribution < 1.29 is 8.42 Å². The van der Waals surface area contributed by atoms with Crippen molar-refractivity contribution in [2.45, 2.75) is 41.1 Å². The summed E-state index contributed by atoms with van der Waals surface area (Å²) in [7, 11) is -3.48. The molecule has 3 aromatic heterocycles. The van der Waals surface area contributed by atoms with E-state index in [9.17, 15) is 8.42 Å². The first-order valence-corrected chi connectivity index (χ1v) is 13.5. The quantitative estimate of drug-likeness (QED) is 0.355. The van der Waals surface area contributed by atoms with Crippen LogP contribution in [0, 0.1) is 6.92 Å². The third-order valence-electron chi connectivity index (χ3n) is 5.59. The highest BCUT2D eigenvalue weighted by Crippen LogP contribution is 2.41. The van der Waals surface area contributed by atoms with Crippen LogP contribution in [0.2, 0.25) is 0 Å². The fourth-order valence-electron chi connectivity index (χ4n) is 3.91. The van der Waals surface area contributed by atoms with Gasteiger partial charge in [-0.1, -0.05) is 36.8 Å². The fourth-order valence-corrected chi connectivity index (χ4v) is 7.49. The first kappa shape index (κ1) is 21.5. The number of piperidine rings is 1. The summed E-state index contributed by atoms with van der Waals surface area (Å²) in [5, 5.41) is 2.55. The number of sulfonamides is 1. The molecule has 4 heterocycles. The van der Waals surface area contributed by atoms with Crippen LogP contribution in [-0.2, 0) is 10.0 Å². The summed E-state index contributed by atoms with van der Waals surface area (Å²) in [4.78, 5) is 15.8.